The van der Waals surface area contributed by atoms with E-state index in [4.69, 9.17) is 9.84 Å². The Balaban J connectivity index is 0. The number of allylic oxidation sites excluding steroid dienone is 3. The van der Waals surface area contributed by atoms with Gasteiger partial charge in [-0.05, 0) is 19.1 Å². The fourth-order valence-corrected chi connectivity index (χ4v) is 0.564. The van der Waals surface area contributed by atoms with Crippen LogP contribution in [0.1, 0.15) is 20.8 Å². The highest BCUT2D eigenvalue weighted by Crippen LogP contribution is 2.05. The van der Waals surface area contributed by atoms with E-state index in [1.165, 1.54) is 19.3 Å². The van der Waals surface area contributed by atoms with Gasteiger partial charge in [0.05, 0.1) is 7.11 Å². The second-order valence-corrected chi connectivity index (χ2v) is 1.64. The van der Waals surface area contributed by atoms with Gasteiger partial charge in [-0.3, -0.25) is 0 Å². The summed E-state index contributed by atoms with van der Waals surface area (Å²) in [6.45, 7) is 9.22. The first-order chi connectivity index (χ1) is 5.76. The molecular formula is C10H18O2. The predicted octanol–water partition coefficient (Wildman–Crippen LogP) is 3.19. The highest BCUT2D eigenvalue weighted by Gasteiger charge is 1.97. The van der Waals surface area contributed by atoms with E-state index in [0.717, 1.165) is 0 Å². The average molecular weight is 170 g/mol. The van der Waals surface area contributed by atoms with Crippen LogP contribution in [0.5, 0.6) is 0 Å². The lowest BCUT2D eigenvalue weighted by Crippen LogP contribution is -1.89. The Hall–Kier alpha value is -1.18. The molecule has 0 heterocycles. The van der Waals surface area contributed by atoms with Crippen molar-refractivity contribution in [2.45, 2.75) is 20.8 Å². The molecule has 0 aromatic carbocycles. The first-order valence-corrected chi connectivity index (χ1v) is 3.98. The van der Waals surface area contributed by atoms with Crippen LogP contribution >= 0.6 is 0 Å². The fraction of sp³-hybridized carbons (Fsp3) is 0.400. The Morgan fingerprint density at radius 1 is 1.42 bits per heavy atom. The number of rotatable bonds is 3. The van der Waals surface area contributed by atoms with Crippen LogP contribution in [0.25, 0.3) is 0 Å². The van der Waals surface area contributed by atoms with Gasteiger partial charge in [-0.2, -0.15) is 0 Å². The van der Waals surface area contributed by atoms with Gasteiger partial charge in [0.2, 0.25) is 0 Å². The Labute approximate surface area is 74.9 Å². The molecule has 0 radical (unpaired) electrons. The van der Waals surface area contributed by atoms with Crippen molar-refractivity contribution >= 4 is 0 Å². The molecule has 0 spiro atoms. The molecule has 0 aromatic heterocycles. The minimum absolute atomic E-state index is 0.0972. The lowest BCUT2D eigenvalue weighted by molar-refractivity contribution is 0.255. The number of ether oxygens (including phenoxy) is 1. The van der Waals surface area contributed by atoms with Crippen molar-refractivity contribution in [1.82, 2.24) is 0 Å². The van der Waals surface area contributed by atoms with Gasteiger partial charge in [-0.25, -0.2) is 0 Å². The topological polar surface area (TPSA) is 29.5 Å². The van der Waals surface area contributed by atoms with E-state index >= 15 is 0 Å². The van der Waals surface area contributed by atoms with Gasteiger partial charge >= 0.3 is 0 Å². The summed E-state index contributed by atoms with van der Waals surface area (Å²) in [4.78, 5) is 0. The van der Waals surface area contributed by atoms with E-state index < -0.39 is 0 Å². The number of aliphatic hydroxyl groups excluding tert-OH is 1. The van der Waals surface area contributed by atoms with Crippen LogP contribution in [0.2, 0.25) is 0 Å². The number of aliphatic hydroxyl groups is 1. The number of methoxy groups -OCH3 is 1. The second kappa shape index (κ2) is 9.82. The molecule has 2 heteroatoms. The zero-order valence-corrected chi connectivity index (χ0v) is 8.29. The van der Waals surface area contributed by atoms with Crippen molar-refractivity contribution < 1.29 is 9.84 Å². The van der Waals surface area contributed by atoms with Crippen molar-refractivity contribution in [3.8, 4) is 0 Å². The molecule has 70 valence electrons. The molecular weight excluding hydrogens is 152 g/mol. The van der Waals surface area contributed by atoms with Gasteiger partial charge in [-0.1, -0.05) is 26.5 Å². The van der Waals surface area contributed by atoms with Crippen LogP contribution in [-0.4, -0.2) is 12.2 Å². The summed E-state index contributed by atoms with van der Waals surface area (Å²) >= 11 is 0. The first-order valence-electron chi connectivity index (χ1n) is 3.98. The lowest BCUT2D eigenvalue weighted by Gasteiger charge is -2.01. The second-order valence-electron chi connectivity index (χ2n) is 1.64. The van der Waals surface area contributed by atoms with Crippen molar-refractivity contribution in [3.05, 3.63) is 36.3 Å². The van der Waals surface area contributed by atoms with E-state index in [9.17, 15) is 0 Å². The molecule has 0 amide bonds. The summed E-state index contributed by atoms with van der Waals surface area (Å²) in [6, 6.07) is 0. The third-order valence-corrected chi connectivity index (χ3v) is 1.01. The monoisotopic (exact) mass is 170 g/mol. The Morgan fingerprint density at radius 2 is 1.92 bits per heavy atom. The minimum atomic E-state index is 0.0972. The summed E-state index contributed by atoms with van der Waals surface area (Å²) in [5.74, 6) is 0.555. The van der Waals surface area contributed by atoms with Gasteiger partial charge in [0, 0.05) is 0 Å². The summed E-state index contributed by atoms with van der Waals surface area (Å²) < 4.78 is 4.81. The van der Waals surface area contributed by atoms with E-state index in [-0.39, 0.29) is 5.76 Å². The Bertz CT molecular complexity index is 167. The smallest absolute Gasteiger partial charge is 0.157 e. The maximum atomic E-state index is 9.11. The van der Waals surface area contributed by atoms with E-state index in [1.54, 1.807) is 13.0 Å². The third-order valence-electron chi connectivity index (χ3n) is 1.01. The van der Waals surface area contributed by atoms with Crippen molar-refractivity contribution in [1.29, 1.82) is 0 Å². The minimum Gasteiger partial charge on any atom is -0.504 e. The molecule has 0 aliphatic heterocycles. The summed E-state index contributed by atoms with van der Waals surface area (Å²) in [5, 5.41) is 9.11. The summed E-state index contributed by atoms with van der Waals surface area (Å²) in [7, 11) is 1.50. The zero-order valence-electron chi connectivity index (χ0n) is 8.29. The lowest BCUT2D eigenvalue weighted by atomic mass is 10.3. The maximum absolute atomic E-state index is 9.11. The molecule has 1 N–H and O–H groups in total. The van der Waals surface area contributed by atoms with Crippen molar-refractivity contribution in [2.75, 3.05) is 7.11 Å². The quantitative estimate of drug-likeness (QED) is 0.520. The molecule has 0 aliphatic carbocycles. The standard InChI is InChI=1S/C8H12O2.C2H6/c1-4-6-7(9)8(5-2)10-3;1-2/h4-6,9H,1H2,2-3H3;1-2H3/b7-6+,8-5+;. The van der Waals surface area contributed by atoms with Crippen LogP contribution in [0, 0.1) is 0 Å². The normalized spacial score (nSPS) is 11.3. The fourth-order valence-electron chi connectivity index (χ4n) is 0.564. The maximum Gasteiger partial charge on any atom is 0.157 e. The third kappa shape index (κ3) is 5.59. The van der Waals surface area contributed by atoms with Gasteiger partial charge in [0.15, 0.2) is 11.5 Å². The molecule has 2 nitrogen and oxygen atoms in total. The summed E-state index contributed by atoms with van der Waals surface area (Å²) in [6.07, 6.45) is 4.64. The molecule has 0 saturated carbocycles. The Morgan fingerprint density at radius 3 is 2.17 bits per heavy atom. The van der Waals surface area contributed by atoms with Crippen molar-refractivity contribution in [2.24, 2.45) is 0 Å². The predicted molar refractivity (Wildman–Crippen MR) is 53.0 cm³/mol. The molecule has 0 saturated heterocycles. The molecule has 0 unspecified atom stereocenters. The van der Waals surface area contributed by atoms with Crippen LogP contribution < -0.4 is 0 Å². The van der Waals surface area contributed by atoms with Crippen LogP contribution in [-0.2, 0) is 4.74 Å². The zero-order chi connectivity index (χ0) is 9.98. The first kappa shape index (κ1) is 13.4. The largest absolute Gasteiger partial charge is 0.504 e. The van der Waals surface area contributed by atoms with Gasteiger partial charge in [0.1, 0.15) is 0 Å². The Kier molecular flexibility index (Phi) is 11.0. The highest BCUT2D eigenvalue weighted by atomic mass is 16.5. The molecule has 12 heavy (non-hydrogen) atoms. The average Bonchev–Trinajstić information content (AvgIpc) is 2.11. The van der Waals surface area contributed by atoms with E-state index in [0.29, 0.717) is 5.76 Å². The molecule has 0 bridgehead atoms. The molecule has 0 aliphatic rings. The molecule has 0 aromatic rings. The van der Waals surface area contributed by atoms with Crippen LogP contribution in [0.15, 0.2) is 36.3 Å². The van der Waals surface area contributed by atoms with Crippen LogP contribution in [0.3, 0.4) is 0 Å². The van der Waals surface area contributed by atoms with Gasteiger partial charge < -0.3 is 9.84 Å². The van der Waals surface area contributed by atoms with Crippen molar-refractivity contribution in [3.63, 3.8) is 0 Å². The van der Waals surface area contributed by atoms with E-state index in [1.807, 2.05) is 13.8 Å². The number of hydrogen-bond donors (Lipinski definition) is 1. The van der Waals surface area contributed by atoms with E-state index in [2.05, 4.69) is 6.58 Å². The van der Waals surface area contributed by atoms with Gasteiger partial charge in [-0.15, -0.1) is 0 Å². The SMILES string of the molecule is C=C/C=C(O)\C(=C/C)OC.CC. The molecule has 0 rings (SSSR count). The highest BCUT2D eigenvalue weighted by molar-refractivity contribution is 5.21. The summed E-state index contributed by atoms with van der Waals surface area (Å²) in [5.41, 5.74) is 0. The molecule has 0 fully saturated rings. The van der Waals surface area contributed by atoms with Crippen LogP contribution in [0.4, 0.5) is 0 Å². The van der Waals surface area contributed by atoms with Gasteiger partial charge in [0.25, 0.3) is 0 Å². The number of hydrogen-bond acceptors (Lipinski definition) is 2. The molecule has 0 atom stereocenters.